The summed E-state index contributed by atoms with van der Waals surface area (Å²) in [7, 11) is 1.64. The summed E-state index contributed by atoms with van der Waals surface area (Å²) in [5.41, 5.74) is 4.33. The molecule has 0 unspecified atom stereocenters. The summed E-state index contributed by atoms with van der Waals surface area (Å²) in [5, 5.41) is 0. The molecule has 1 fully saturated rings. The highest BCUT2D eigenvalue weighted by Crippen LogP contribution is 2.22. The first-order valence-corrected chi connectivity index (χ1v) is 12.0. The van der Waals surface area contributed by atoms with Gasteiger partial charge in [-0.1, -0.05) is 18.2 Å². The van der Waals surface area contributed by atoms with Crippen LogP contribution < -0.4 is 4.74 Å². The Morgan fingerprint density at radius 1 is 0.971 bits per heavy atom. The van der Waals surface area contributed by atoms with Crippen molar-refractivity contribution in [3.05, 3.63) is 82.9 Å². The van der Waals surface area contributed by atoms with E-state index in [2.05, 4.69) is 4.90 Å². The summed E-state index contributed by atoms with van der Waals surface area (Å²) in [4.78, 5) is 29.8. The lowest BCUT2D eigenvalue weighted by atomic mass is 10.1. The van der Waals surface area contributed by atoms with Crippen LogP contribution in [0.4, 0.5) is 4.39 Å². The Balaban J connectivity index is 1.31. The Morgan fingerprint density at radius 3 is 2.34 bits per heavy atom. The zero-order chi connectivity index (χ0) is 24.9. The van der Waals surface area contributed by atoms with E-state index in [0.717, 1.165) is 28.4 Å². The predicted octanol–water partition coefficient (Wildman–Crippen LogP) is 4.20. The molecule has 1 saturated heterocycles. The standard InChI is InChI=1S/C28H32FN3O3/c1-20-18-25(21(2)32(20)24-11-9-23(29)10-12-24)26(33)19-30-14-16-31(17-15-30)28(34)13-8-22-6-4-5-7-27(22)35-3/h4-7,9-12,18H,8,13-17,19H2,1-3H3. The Kier molecular flexibility index (Phi) is 7.66. The van der Waals surface area contributed by atoms with Crippen LogP contribution in [0.25, 0.3) is 5.69 Å². The number of carbonyl (C=O) groups is 2. The molecule has 0 bridgehead atoms. The van der Waals surface area contributed by atoms with E-state index in [1.165, 1.54) is 12.1 Å². The lowest BCUT2D eigenvalue weighted by Crippen LogP contribution is -2.50. The number of ketones is 1. The van der Waals surface area contributed by atoms with Crippen LogP contribution in [-0.2, 0) is 11.2 Å². The minimum Gasteiger partial charge on any atom is -0.496 e. The number of benzene rings is 2. The number of para-hydroxylation sites is 1. The predicted molar refractivity (Wildman–Crippen MR) is 134 cm³/mol. The van der Waals surface area contributed by atoms with Gasteiger partial charge in [-0.15, -0.1) is 0 Å². The first kappa shape index (κ1) is 24.7. The molecule has 2 aromatic carbocycles. The number of piperazine rings is 1. The van der Waals surface area contributed by atoms with Gasteiger partial charge in [0.25, 0.3) is 0 Å². The Morgan fingerprint density at radius 2 is 1.66 bits per heavy atom. The minimum atomic E-state index is -0.287. The number of halogens is 1. The number of methoxy groups -OCH3 is 1. The van der Waals surface area contributed by atoms with Gasteiger partial charge in [0, 0.05) is 55.2 Å². The molecule has 6 nitrogen and oxygen atoms in total. The smallest absolute Gasteiger partial charge is 0.222 e. The van der Waals surface area contributed by atoms with E-state index < -0.39 is 0 Å². The maximum absolute atomic E-state index is 13.3. The number of aryl methyl sites for hydroxylation is 2. The van der Waals surface area contributed by atoms with Crippen molar-refractivity contribution in [2.75, 3.05) is 39.8 Å². The van der Waals surface area contributed by atoms with Crippen molar-refractivity contribution in [3.8, 4) is 11.4 Å². The molecule has 1 aliphatic rings. The molecule has 0 spiro atoms. The fraction of sp³-hybridized carbons (Fsp3) is 0.357. The van der Waals surface area contributed by atoms with Gasteiger partial charge in [-0.2, -0.15) is 0 Å². The van der Waals surface area contributed by atoms with E-state index in [0.29, 0.717) is 51.1 Å². The molecule has 1 amide bonds. The second-order valence-corrected chi connectivity index (χ2v) is 8.99. The van der Waals surface area contributed by atoms with Crippen molar-refractivity contribution in [1.82, 2.24) is 14.4 Å². The molecule has 2 heterocycles. The van der Waals surface area contributed by atoms with Crippen LogP contribution in [0.1, 0.15) is 33.7 Å². The number of hydrogen-bond acceptors (Lipinski definition) is 4. The second kappa shape index (κ2) is 10.9. The zero-order valence-corrected chi connectivity index (χ0v) is 20.6. The van der Waals surface area contributed by atoms with Crippen molar-refractivity contribution >= 4 is 11.7 Å². The van der Waals surface area contributed by atoms with Crippen LogP contribution in [0, 0.1) is 19.7 Å². The van der Waals surface area contributed by atoms with Gasteiger partial charge in [0.05, 0.1) is 13.7 Å². The van der Waals surface area contributed by atoms with Crippen molar-refractivity contribution in [2.45, 2.75) is 26.7 Å². The van der Waals surface area contributed by atoms with Crippen molar-refractivity contribution in [3.63, 3.8) is 0 Å². The first-order valence-electron chi connectivity index (χ1n) is 12.0. The maximum Gasteiger partial charge on any atom is 0.222 e. The summed E-state index contributed by atoms with van der Waals surface area (Å²) < 4.78 is 20.7. The van der Waals surface area contributed by atoms with E-state index in [1.54, 1.807) is 19.2 Å². The van der Waals surface area contributed by atoms with Crippen LogP contribution >= 0.6 is 0 Å². The average Bonchev–Trinajstić information content (AvgIpc) is 3.17. The van der Waals surface area contributed by atoms with Gasteiger partial charge in [-0.3, -0.25) is 14.5 Å². The summed E-state index contributed by atoms with van der Waals surface area (Å²) >= 11 is 0. The number of hydrogen-bond donors (Lipinski definition) is 0. The van der Waals surface area contributed by atoms with Crippen molar-refractivity contribution in [2.24, 2.45) is 0 Å². The minimum absolute atomic E-state index is 0.0578. The Hall–Kier alpha value is -3.45. The topological polar surface area (TPSA) is 54.8 Å². The third-order valence-corrected chi connectivity index (χ3v) is 6.71. The monoisotopic (exact) mass is 477 g/mol. The maximum atomic E-state index is 13.3. The van der Waals surface area contributed by atoms with Crippen molar-refractivity contribution < 1.29 is 18.7 Å². The number of carbonyl (C=O) groups excluding carboxylic acids is 2. The number of nitrogens with zero attached hydrogens (tertiary/aromatic N) is 3. The van der Waals surface area contributed by atoms with E-state index in [9.17, 15) is 14.0 Å². The SMILES string of the molecule is COc1ccccc1CCC(=O)N1CCN(CC(=O)c2cc(C)n(-c3ccc(F)cc3)c2C)CC1. The summed E-state index contributed by atoms with van der Waals surface area (Å²) in [5.74, 6) is 0.708. The number of aromatic nitrogens is 1. The van der Waals surface area contributed by atoms with Crippen LogP contribution in [0.2, 0.25) is 0 Å². The molecule has 35 heavy (non-hydrogen) atoms. The molecule has 1 aliphatic heterocycles. The third-order valence-electron chi connectivity index (χ3n) is 6.71. The Labute approximate surface area is 205 Å². The van der Waals surface area contributed by atoms with Gasteiger partial charge in [0.15, 0.2) is 5.78 Å². The van der Waals surface area contributed by atoms with Crippen LogP contribution in [0.5, 0.6) is 5.75 Å². The lowest BCUT2D eigenvalue weighted by molar-refractivity contribution is -0.132. The molecular formula is C28H32FN3O3. The first-order chi connectivity index (χ1) is 16.9. The molecule has 0 saturated carbocycles. The molecular weight excluding hydrogens is 445 g/mol. The second-order valence-electron chi connectivity index (χ2n) is 8.99. The molecule has 0 atom stereocenters. The van der Waals surface area contributed by atoms with E-state index >= 15 is 0 Å². The highest BCUT2D eigenvalue weighted by molar-refractivity contribution is 5.99. The lowest BCUT2D eigenvalue weighted by Gasteiger charge is -2.34. The van der Waals surface area contributed by atoms with Crippen LogP contribution in [0.3, 0.4) is 0 Å². The number of amides is 1. The van der Waals surface area contributed by atoms with Gasteiger partial charge in [-0.25, -0.2) is 4.39 Å². The molecule has 3 aromatic rings. The molecule has 0 radical (unpaired) electrons. The van der Waals surface area contributed by atoms with Gasteiger partial charge in [0.1, 0.15) is 11.6 Å². The molecule has 184 valence electrons. The van der Waals surface area contributed by atoms with Crippen LogP contribution in [0.15, 0.2) is 54.6 Å². The normalized spacial score (nSPS) is 14.2. The van der Waals surface area contributed by atoms with Crippen LogP contribution in [-0.4, -0.2) is 65.9 Å². The molecule has 1 aromatic heterocycles. The highest BCUT2D eigenvalue weighted by Gasteiger charge is 2.24. The molecule has 7 heteroatoms. The molecule has 4 rings (SSSR count). The fourth-order valence-electron chi connectivity index (χ4n) is 4.79. The highest BCUT2D eigenvalue weighted by atomic mass is 19.1. The summed E-state index contributed by atoms with van der Waals surface area (Å²) in [6, 6.07) is 16.0. The summed E-state index contributed by atoms with van der Waals surface area (Å²) in [6.07, 6.45) is 1.08. The zero-order valence-electron chi connectivity index (χ0n) is 20.6. The largest absolute Gasteiger partial charge is 0.496 e. The number of Topliss-reactive ketones (excluding diaryl/α,β-unsaturated/α-hetero) is 1. The van der Waals surface area contributed by atoms with Gasteiger partial charge in [-0.05, 0) is 62.2 Å². The number of ether oxygens (including phenoxy) is 1. The third kappa shape index (κ3) is 5.62. The van der Waals surface area contributed by atoms with Gasteiger partial charge in [0.2, 0.25) is 5.91 Å². The summed E-state index contributed by atoms with van der Waals surface area (Å²) in [6.45, 7) is 6.76. The number of rotatable bonds is 8. The molecule has 0 N–H and O–H groups in total. The van der Waals surface area contributed by atoms with Crippen molar-refractivity contribution in [1.29, 1.82) is 0 Å². The average molecular weight is 478 g/mol. The van der Waals surface area contributed by atoms with E-state index in [-0.39, 0.29) is 17.5 Å². The Bertz CT molecular complexity index is 1190. The van der Waals surface area contributed by atoms with E-state index in [1.807, 2.05) is 53.6 Å². The van der Waals surface area contributed by atoms with E-state index in [4.69, 9.17) is 4.74 Å². The fourth-order valence-corrected chi connectivity index (χ4v) is 4.79. The van der Waals surface area contributed by atoms with Gasteiger partial charge >= 0.3 is 0 Å². The van der Waals surface area contributed by atoms with Gasteiger partial charge < -0.3 is 14.2 Å². The quantitative estimate of drug-likeness (QED) is 0.457. The molecule has 0 aliphatic carbocycles.